The second-order valence-corrected chi connectivity index (χ2v) is 14.6. The molecule has 41 heavy (non-hydrogen) atoms. The van der Waals surface area contributed by atoms with Crippen molar-refractivity contribution in [1.82, 2.24) is 25.5 Å². The molecule has 0 spiro atoms. The van der Waals surface area contributed by atoms with Gasteiger partial charge < -0.3 is 36.4 Å². The van der Waals surface area contributed by atoms with Crippen LogP contribution in [-0.4, -0.2) is 94.8 Å². The minimum Gasteiger partial charge on any atom is -0.383 e. The molecule has 0 radical (unpaired) electrons. The van der Waals surface area contributed by atoms with E-state index >= 15 is 0 Å². The van der Waals surface area contributed by atoms with Crippen molar-refractivity contribution in [3.05, 3.63) is 6.07 Å². The van der Waals surface area contributed by atoms with Gasteiger partial charge in [-0.2, -0.15) is 9.97 Å². The van der Waals surface area contributed by atoms with E-state index in [2.05, 4.69) is 44.6 Å². The highest BCUT2D eigenvalue weighted by molar-refractivity contribution is 7.51. The lowest BCUT2D eigenvalue weighted by Gasteiger charge is -2.45. The van der Waals surface area contributed by atoms with Gasteiger partial charge in [-0.1, -0.05) is 19.3 Å². The molecular weight excluding hydrogens is 539 g/mol. The van der Waals surface area contributed by atoms with Crippen molar-refractivity contribution in [3.8, 4) is 0 Å². The highest BCUT2D eigenvalue weighted by atomic mass is 31.2. The zero-order valence-electron chi connectivity index (χ0n) is 25.3. The van der Waals surface area contributed by atoms with Gasteiger partial charge in [0.2, 0.25) is 5.95 Å². The Hall–Kier alpha value is -1.49. The van der Waals surface area contributed by atoms with Crippen LogP contribution in [0, 0.1) is 11.8 Å². The van der Waals surface area contributed by atoms with Gasteiger partial charge in [-0.3, -0.25) is 9.46 Å². The van der Waals surface area contributed by atoms with Crippen molar-refractivity contribution in [1.29, 1.82) is 0 Å². The van der Waals surface area contributed by atoms with E-state index in [0.717, 1.165) is 57.0 Å². The molecule has 2 saturated carbocycles. The van der Waals surface area contributed by atoms with Gasteiger partial charge in [-0.25, -0.2) is 0 Å². The van der Waals surface area contributed by atoms with Gasteiger partial charge in [-0.15, -0.1) is 0 Å². The Balaban J connectivity index is 1.14. The van der Waals surface area contributed by atoms with Gasteiger partial charge in [-0.05, 0) is 90.3 Å². The quantitative estimate of drug-likeness (QED) is 0.139. The molecule has 0 bridgehead atoms. The zero-order chi connectivity index (χ0) is 29.2. The largest absolute Gasteiger partial charge is 0.383 e. The van der Waals surface area contributed by atoms with Crippen molar-refractivity contribution in [3.63, 3.8) is 0 Å². The van der Waals surface area contributed by atoms with Crippen molar-refractivity contribution < 1.29 is 14.4 Å². The first kappa shape index (κ1) is 32.4. The van der Waals surface area contributed by atoms with Crippen LogP contribution < -0.4 is 26.6 Å². The van der Waals surface area contributed by atoms with Crippen LogP contribution in [0.4, 0.5) is 17.6 Å². The molecule has 12 heteroatoms. The third-order valence-electron chi connectivity index (χ3n) is 9.32. The highest BCUT2D eigenvalue weighted by Gasteiger charge is 2.31. The van der Waals surface area contributed by atoms with E-state index in [9.17, 15) is 14.4 Å². The maximum absolute atomic E-state index is 11.4. The molecule has 1 saturated heterocycles. The Labute approximate surface area is 247 Å². The number of nitrogen functional groups attached to an aromatic ring is 1. The fourth-order valence-corrected chi connectivity index (χ4v) is 7.42. The van der Waals surface area contributed by atoms with E-state index in [0.29, 0.717) is 24.2 Å². The summed E-state index contributed by atoms with van der Waals surface area (Å²) in [7, 11) is -4.01. The standard InChI is InChI=1S/C29H55N8O3P/c1-22-20-36(21-23(2)37(22)15-16-41(38,39)40)28-17-27(30)34-29(35-28)33-19-25-11-9-24(10-12-25)18-31-13-6-14-32-26-7-4-3-5-8-26/h17,22-26,31-32H,3-16,18-21H2,1-2H3,(H2,38,39,40)(H3,30,33,34,35). The molecule has 4 rings (SSSR count). The number of nitrogens with zero attached hydrogens (tertiary/aromatic N) is 4. The Kier molecular flexibility index (Phi) is 12.5. The summed E-state index contributed by atoms with van der Waals surface area (Å²) in [6, 6.07) is 2.86. The summed E-state index contributed by atoms with van der Waals surface area (Å²) < 4.78 is 11.4. The molecule has 1 aromatic rings. The molecule has 3 aliphatic rings. The van der Waals surface area contributed by atoms with Crippen LogP contribution in [0.2, 0.25) is 0 Å². The van der Waals surface area contributed by atoms with Gasteiger partial charge in [0.15, 0.2) is 0 Å². The Morgan fingerprint density at radius 2 is 1.61 bits per heavy atom. The van der Waals surface area contributed by atoms with Crippen LogP contribution in [-0.2, 0) is 4.57 Å². The minimum absolute atomic E-state index is 0.118. The normalized spacial score (nSPS) is 26.8. The van der Waals surface area contributed by atoms with E-state index in [1.807, 2.05) is 6.07 Å². The van der Waals surface area contributed by atoms with Crippen LogP contribution in [0.25, 0.3) is 0 Å². The fourth-order valence-electron chi connectivity index (χ4n) is 6.93. The van der Waals surface area contributed by atoms with Crippen LogP contribution in [0.15, 0.2) is 6.07 Å². The van der Waals surface area contributed by atoms with Gasteiger partial charge in [0, 0.05) is 50.4 Å². The first-order chi connectivity index (χ1) is 19.7. The number of hydrogen-bond acceptors (Lipinski definition) is 9. The summed E-state index contributed by atoms with van der Waals surface area (Å²) in [4.78, 5) is 32.2. The van der Waals surface area contributed by atoms with Gasteiger partial charge in [0.25, 0.3) is 0 Å². The molecule has 0 amide bonds. The van der Waals surface area contributed by atoms with E-state index in [1.165, 1.54) is 64.2 Å². The number of aromatic nitrogens is 2. The number of nitrogens with one attached hydrogen (secondary N) is 3. The first-order valence-corrected chi connectivity index (χ1v) is 17.8. The fraction of sp³-hybridized carbons (Fsp3) is 0.862. The summed E-state index contributed by atoms with van der Waals surface area (Å²) in [5.41, 5.74) is 6.17. The summed E-state index contributed by atoms with van der Waals surface area (Å²) in [6.45, 7) is 10.2. The third kappa shape index (κ3) is 10.9. The maximum atomic E-state index is 11.4. The number of nitrogens with two attached hydrogens (primary N) is 1. The smallest absolute Gasteiger partial charge is 0.326 e. The summed E-state index contributed by atoms with van der Waals surface area (Å²) in [5.74, 6) is 3.23. The molecule has 2 atom stereocenters. The number of rotatable bonds is 14. The molecule has 1 aliphatic heterocycles. The highest BCUT2D eigenvalue weighted by Crippen LogP contribution is 2.35. The molecule has 1 aromatic heterocycles. The zero-order valence-corrected chi connectivity index (χ0v) is 26.2. The number of piperazine rings is 1. The number of anilines is 3. The molecular formula is C29H55N8O3P. The molecule has 3 fully saturated rings. The topological polar surface area (TPSA) is 152 Å². The van der Waals surface area contributed by atoms with Crippen LogP contribution in [0.1, 0.15) is 78.1 Å². The van der Waals surface area contributed by atoms with Crippen molar-refractivity contribution in [2.75, 3.05) is 67.9 Å². The summed E-state index contributed by atoms with van der Waals surface area (Å²) in [6.07, 6.45) is 13.0. The SMILES string of the molecule is CC1CN(c2cc(N)nc(NCC3CCC(CNCCCNC4CCCCC4)CC3)n2)CC(C)N1CCP(=O)(O)O. The van der Waals surface area contributed by atoms with Gasteiger partial charge >= 0.3 is 7.60 Å². The van der Waals surface area contributed by atoms with Crippen molar-refractivity contribution in [2.24, 2.45) is 11.8 Å². The van der Waals surface area contributed by atoms with Crippen molar-refractivity contribution >= 4 is 25.2 Å². The lowest BCUT2D eigenvalue weighted by Crippen LogP contribution is -2.57. The van der Waals surface area contributed by atoms with Crippen LogP contribution >= 0.6 is 7.60 Å². The summed E-state index contributed by atoms with van der Waals surface area (Å²) in [5, 5.41) is 10.9. The Morgan fingerprint density at radius 1 is 0.951 bits per heavy atom. The molecule has 2 aliphatic carbocycles. The summed E-state index contributed by atoms with van der Waals surface area (Å²) >= 11 is 0. The first-order valence-electron chi connectivity index (χ1n) is 16.0. The lowest BCUT2D eigenvalue weighted by atomic mass is 9.82. The lowest BCUT2D eigenvalue weighted by molar-refractivity contribution is 0.138. The van der Waals surface area contributed by atoms with E-state index in [4.69, 9.17) is 10.7 Å². The van der Waals surface area contributed by atoms with Crippen LogP contribution in [0.3, 0.4) is 0 Å². The Bertz CT molecular complexity index is 955. The third-order valence-corrected chi connectivity index (χ3v) is 10.1. The Morgan fingerprint density at radius 3 is 2.27 bits per heavy atom. The molecule has 11 nitrogen and oxygen atoms in total. The molecule has 2 unspecified atom stereocenters. The average molecular weight is 595 g/mol. The molecule has 0 aromatic carbocycles. The monoisotopic (exact) mass is 594 g/mol. The van der Waals surface area contributed by atoms with Gasteiger partial charge in [0.05, 0.1) is 6.16 Å². The van der Waals surface area contributed by atoms with E-state index in [-0.39, 0.29) is 18.2 Å². The predicted molar refractivity (Wildman–Crippen MR) is 167 cm³/mol. The maximum Gasteiger partial charge on any atom is 0.326 e. The predicted octanol–water partition coefficient (Wildman–Crippen LogP) is 3.26. The molecule has 7 N–H and O–H groups in total. The van der Waals surface area contributed by atoms with Gasteiger partial charge in [0.1, 0.15) is 11.6 Å². The second-order valence-electron chi connectivity index (χ2n) is 12.8. The van der Waals surface area contributed by atoms with Crippen LogP contribution in [0.5, 0.6) is 0 Å². The number of hydrogen-bond donors (Lipinski definition) is 6. The molecule has 234 valence electrons. The molecule has 2 heterocycles. The van der Waals surface area contributed by atoms with E-state index in [1.54, 1.807) is 0 Å². The minimum atomic E-state index is -4.01. The van der Waals surface area contributed by atoms with E-state index < -0.39 is 7.60 Å². The van der Waals surface area contributed by atoms with Crippen molar-refractivity contribution in [2.45, 2.75) is 96.2 Å². The average Bonchev–Trinajstić information content (AvgIpc) is 2.93. The second kappa shape index (κ2) is 15.8.